The van der Waals surface area contributed by atoms with Gasteiger partial charge < -0.3 is 5.32 Å². The van der Waals surface area contributed by atoms with Crippen molar-refractivity contribution in [3.05, 3.63) is 23.8 Å². The number of hydrogen-bond donors (Lipinski definition) is 1. The van der Waals surface area contributed by atoms with E-state index in [1.165, 1.54) is 31.2 Å². The summed E-state index contributed by atoms with van der Waals surface area (Å²) in [5.41, 5.74) is 1.18. The van der Waals surface area contributed by atoms with Crippen LogP contribution in [0, 0.1) is 0 Å². The van der Waals surface area contributed by atoms with E-state index >= 15 is 0 Å². The van der Waals surface area contributed by atoms with Crippen LogP contribution in [0.25, 0.3) is 0 Å². The first-order valence-corrected chi connectivity index (χ1v) is 6.30. The predicted molar refractivity (Wildman–Crippen MR) is 65.2 cm³/mol. The van der Waals surface area contributed by atoms with Crippen molar-refractivity contribution in [2.24, 2.45) is 0 Å². The molecule has 0 aromatic carbocycles. The Bertz CT molecular complexity index is 312. The molecule has 1 aliphatic rings. The van der Waals surface area contributed by atoms with Gasteiger partial charge in [0.15, 0.2) is 0 Å². The molecule has 0 radical (unpaired) electrons. The molecule has 1 heterocycles. The second-order valence-electron chi connectivity index (χ2n) is 4.97. The average molecular weight is 219 g/mol. The van der Waals surface area contributed by atoms with Crippen molar-refractivity contribution >= 4 is 0 Å². The number of hydrogen-bond acceptors (Lipinski definition) is 3. The number of aromatic nitrogens is 2. The summed E-state index contributed by atoms with van der Waals surface area (Å²) < 4.78 is 0. The maximum atomic E-state index is 4.49. The third kappa shape index (κ3) is 3.01. The van der Waals surface area contributed by atoms with Gasteiger partial charge in [-0.25, -0.2) is 9.97 Å². The van der Waals surface area contributed by atoms with E-state index in [1.807, 2.05) is 12.4 Å². The summed E-state index contributed by atoms with van der Waals surface area (Å²) in [5, 5.41) is 3.37. The lowest BCUT2D eigenvalue weighted by Gasteiger charge is -2.10. The molecule has 0 atom stereocenters. The molecule has 0 spiro atoms. The Morgan fingerprint density at radius 2 is 1.88 bits per heavy atom. The summed E-state index contributed by atoms with van der Waals surface area (Å²) in [7, 11) is 0. The average Bonchev–Trinajstić information content (AvgIpc) is 2.80. The molecular formula is C13H21N3. The summed E-state index contributed by atoms with van der Waals surface area (Å²) >= 11 is 0. The molecule has 0 aliphatic heterocycles. The van der Waals surface area contributed by atoms with Crippen LogP contribution in [0.2, 0.25) is 0 Å². The highest BCUT2D eigenvalue weighted by molar-refractivity contribution is 5.08. The molecule has 0 amide bonds. The van der Waals surface area contributed by atoms with Gasteiger partial charge in [0.1, 0.15) is 5.82 Å². The van der Waals surface area contributed by atoms with Crippen molar-refractivity contribution < 1.29 is 0 Å². The molecule has 3 nitrogen and oxygen atoms in total. The summed E-state index contributed by atoms with van der Waals surface area (Å²) in [6.45, 7) is 5.16. The van der Waals surface area contributed by atoms with Crippen molar-refractivity contribution in [2.45, 2.75) is 58.0 Å². The van der Waals surface area contributed by atoms with Crippen LogP contribution in [0.4, 0.5) is 0 Å². The second-order valence-corrected chi connectivity index (χ2v) is 4.97. The molecule has 2 rings (SSSR count). The quantitative estimate of drug-likeness (QED) is 0.846. The van der Waals surface area contributed by atoms with Crippen molar-refractivity contribution in [1.29, 1.82) is 0 Å². The monoisotopic (exact) mass is 219 g/mol. The standard InChI is InChI=1S/C13H21N3/c1-10(2)14-7-11-8-15-13(16-9-11)12-5-3-4-6-12/h8-10,12,14H,3-7H2,1-2H3. The van der Waals surface area contributed by atoms with Crippen LogP contribution >= 0.6 is 0 Å². The summed E-state index contributed by atoms with van der Waals surface area (Å²) in [6, 6.07) is 0.509. The van der Waals surface area contributed by atoms with Gasteiger partial charge in [-0.15, -0.1) is 0 Å². The Morgan fingerprint density at radius 1 is 1.25 bits per heavy atom. The minimum Gasteiger partial charge on any atom is -0.310 e. The van der Waals surface area contributed by atoms with Gasteiger partial charge in [-0.2, -0.15) is 0 Å². The molecule has 1 N–H and O–H groups in total. The molecule has 1 aliphatic carbocycles. The van der Waals surface area contributed by atoms with Gasteiger partial charge in [0.25, 0.3) is 0 Å². The van der Waals surface area contributed by atoms with Crippen molar-refractivity contribution in [2.75, 3.05) is 0 Å². The van der Waals surface area contributed by atoms with E-state index in [9.17, 15) is 0 Å². The minimum absolute atomic E-state index is 0.509. The van der Waals surface area contributed by atoms with Gasteiger partial charge in [0.05, 0.1) is 0 Å². The van der Waals surface area contributed by atoms with Crippen LogP contribution in [-0.4, -0.2) is 16.0 Å². The zero-order valence-corrected chi connectivity index (χ0v) is 10.2. The molecule has 88 valence electrons. The zero-order valence-electron chi connectivity index (χ0n) is 10.2. The van der Waals surface area contributed by atoms with Crippen LogP contribution in [0.3, 0.4) is 0 Å². The fraction of sp³-hybridized carbons (Fsp3) is 0.692. The van der Waals surface area contributed by atoms with Gasteiger partial charge >= 0.3 is 0 Å². The van der Waals surface area contributed by atoms with Crippen LogP contribution in [0.1, 0.15) is 56.8 Å². The Hall–Kier alpha value is -0.960. The molecule has 0 saturated heterocycles. The SMILES string of the molecule is CC(C)NCc1cnc(C2CCCC2)nc1. The zero-order chi connectivity index (χ0) is 11.4. The Morgan fingerprint density at radius 3 is 2.44 bits per heavy atom. The molecular weight excluding hydrogens is 198 g/mol. The summed E-state index contributed by atoms with van der Waals surface area (Å²) in [6.07, 6.45) is 9.15. The lowest BCUT2D eigenvalue weighted by Crippen LogP contribution is -2.22. The molecule has 0 unspecified atom stereocenters. The first kappa shape index (κ1) is 11.5. The molecule has 1 saturated carbocycles. The highest BCUT2D eigenvalue weighted by Crippen LogP contribution is 2.31. The third-order valence-corrected chi connectivity index (χ3v) is 3.16. The van der Waals surface area contributed by atoms with E-state index in [4.69, 9.17) is 0 Å². The Balaban J connectivity index is 1.93. The molecule has 0 bridgehead atoms. The first-order valence-electron chi connectivity index (χ1n) is 6.30. The Labute approximate surface area is 97.7 Å². The summed E-state index contributed by atoms with van der Waals surface area (Å²) in [4.78, 5) is 8.98. The van der Waals surface area contributed by atoms with Gasteiger partial charge in [-0.05, 0) is 12.8 Å². The van der Waals surface area contributed by atoms with Gasteiger partial charge in [0, 0.05) is 36.5 Å². The van der Waals surface area contributed by atoms with E-state index in [0.29, 0.717) is 12.0 Å². The number of nitrogens with one attached hydrogen (secondary N) is 1. The topological polar surface area (TPSA) is 37.8 Å². The molecule has 16 heavy (non-hydrogen) atoms. The first-order chi connectivity index (χ1) is 7.75. The van der Waals surface area contributed by atoms with Crippen LogP contribution in [0.5, 0.6) is 0 Å². The molecule has 1 aromatic rings. The number of rotatable bonds is 4. The fourth-order valence-electron chi connectivity index (χ4n) is 2.17. The largest absolute Gasteiger partial charge is 0.310 e. The van der Waals surface area contributed by atoms with Crippen molar-refractivity contribution in [3.8, 4) is 0 Å². The Kier molecular flexibility index (Phi) is 3.88. The van der Waals surface area contributed by atoms with Crippen LogP contribution in [0.15, 0.2) is 12.4 Å². The van der Waals surface area contributed by atoms with Crippen molar-refractivity contribution in [3.63, 3.8) is 0 Å². The minimum atomic E-state index is 0.509. The second kappa shape index (κ2) is 5.39. The van der Waals surface area contributed by atoms with Gasteiger partial charge in [-0.1, -0.05) is 26.7 Å². The van der Waals surface area contributed by atoms with Gasteiger partial charge in [-0.3, -0.25) is 0 Å². The third-order valence-electron chi connectivity index (χ3n) is 3.16. The van der Waals surface area contributed by atoms with E-state index in [2.05, 4.69) is 29.1 Å². The predicted octanol–water partition coefficient (Wildman–Crippen LogP) is 2.63. The molecule has 3 heteroatoms. The van der Waals surface area contributed by atoms with Crippen molar-refractivity contribution in [1.82, 2.24) is 15.3 Å². The fourth-order valence-corrected chi connectivity index (χ4v) is 2.17. The highest BCUT2D eigenvalue weighted by Gasteiger charge is 2.19. The van der Waals surface area contributed by atoms with Crippen LogP contribution < -0.4 is 5.32 Å². The van der Waals surface area contributed by atoms with E-state index in [1.54, 1.807) is 0 Å². The normalized spacial score (nSPS) is 17.2. The number of nitrogens with zero attached hydrogens (tertiary/aromatic N) is 2. The van der Waals surface area contributed by atoms with Crippen LogP contribution in [-0.2, 0) is 6.54 Å². The van der Waals surface area contributed by atoms with E-state index in [-0.39, 0.29) is 0 Å². The lowest BCUT2D eigenvalue weighted by molar-refractivity contribution is 0.584. The molecule has 1 fully saturated rings. The van der Waals surface area contributed by atoms with Gasteiger partial charge in [0.2, 0.25) is 0 Å². The molecule has 1 aromatic heterocycles. The maximum absolute atomic E-state index is 4.49. The highest BCUT2D eigenvalue weighted by atomic mass is 14.9. The smallest absolute Gasteiger partial charge is 0.131 e. The summed E-state index contributed by atoms with van der Waals surface area (Å²) in [5.74, 6) is 1.66. The van der Waals surface area contributed by atoms with E-state index < -0.39 is 0 Å². The lowest BCUT2D eigenvalue weighted by atomic mass is 10.1. The van der Waals surface area contributed by atoms with E-state index in [0.717, 1.165) is 12.4 Å². The maximum Gasteiger partial charge on any atom is 0.131 e.